The Bertz CT molecular complexity index is 415. The van der Waals surface area contributed by atoms with Crippen LogP contribution in [0.5, 0.6) is 5.75 Å². The molecule has 0 fully saturated rings. The first-order chi connectivity index (χ1) is 7.77. The van der Waals surface area contributed by atoms with Crippen LogP contribution >= 0.6 is 0 Å². The molecule has 2 rings (SSSR count). The molecule has 0 saturated carbocycles. The van der Waals surface area contributed by atoms with E-state index in [9.17, 15) is 0 Å². The SMILES string of the molecule is CC(C)(C)NCc1cccc2c1OC(C)(C)C2. The lowest BCUT2D eigenvalue weighted by atomic mass is 10.00. The van der Waals surface area contributed by atoms with Crippen LogP contribution in [0, 0.1) is 0 Å². The van der Waals surface area contributed by atoms with Gasteiger partial charge < -0.3 is 10.1 Å². The Morgan fingerprint density at radius 3 is 2.65 bits per heavy atom. The third-order valence-corrected chi connectivity index (χ3v) is 2.98. The van der Waals surface area contributed by atoms with E-state index in [0.717, 1.165) is 18.7 Å². The highest BCUT2D eigenvalue weighted by atomic mass is 16.5. The van der Waals surface area contributed by atoms with Gasteiger partial charge in [-0.3, -0.25) is 0 Å². The summed E-state index contributed by atoms with van der Waals surface area (Å²) in [4.78, 5) is 0. The lowest BCUT2D eigenvalue weighted by molar-refractivity contribution is 0.137. The molecule has 2 heteroatoms. The molecule has 1 aromatic rings. The first-order valence-electron chi connectivity index (χ1n) is 6.32. The van der Waals surface area contributed by atoms with Gasteiger partial charge in [-0.2, -0.15) is 0 Å². The van der Waals surface area contributed by atoms with Gasteiger partial charge >= 0.3 is 0 Å². The van der Waals surface area contributed by atoms with Gasteiger partial charge in [0.15, 0.2) is 0 Å². The van der Waals surface area contributed by atoms with E-state index in [1.54, 1.807) is 0 Å². The third-order valence-electron chi connectivity index (χ3n) is 2.98. The van der Waals surface area contributed by atoms with Gasteiger partial charge in [0.2, 0.25) is 0 Å². The standard InChI is InChI=1S/C15H23NO/c1-14(2,3)16-10-12-8-6-7-11-9-15(4,5)17-13(11)12/h6-8,16H,9-10H2,1-5H3. The van der Waals surface area contributed by atoms with Crippen LogP contribution < -0.4 is 10.1 Å². The molecule has 1 aromatic carbocycles. The topological polar surface area (TPSA) is 21.3 Å². The van der Waals surface area contributed by atoms with E-state index < -0.39 is 0 Å². The fraction of sp³-hybridized carbons (Fsp3) is 0.600. The highest BCUT2D eigenvalue weighted by Gasteiger charge is 2.31. The highest BCUT2D eigenvalue weighted by Crippen LogP contribution is 2.37. The van der Waals surface area contributed by atoms with Crippen LogP contribution in [0.1, 0.15) is 45.7 Å². The Kier molecular flexibility index (Phi) is 2.94. The monoisotopic (exact) mass is 233 g/mol. The zero-order valence-corrected chi connectivity index (χ0v) is 11.6. The molecular weight excluding hydrogens is 210 g/mol. The Labute approximate surface area is 104 Å². The van der Waals surface area contributed by atoms with Gasteiger partial charge in [-0.05, 0) is 40.2 Å². The lowest BCUT2D eigenvalue weighted by Crippen LogP contribution is -2.35. The first-order valence-corrected chi connectivity index (χ1v) is 6.32. The Morgan fingerprint density at radius 1 is 1.29 bits per heavy atom. The van der Waals surface area contributed by atoms with Crippen molar-refractivity contribution in [3.63, 3.8) is 0 Å². The number of hydrogen-bond donors (Lipinski definition) is 1. The second-order valence-electron chi connectivity index (χ2n) is 6.55. The fourth-order valence-corrected chi connectivity index (χ4v) is 2.18. The number of para-hydroxylation sites is 1. The van der Waals surface area contributed by atoms with Gasteiger partial charge in [0.1, 0.15) is 11.4 Å². The Morgan fingerprint density at radius 2 is 2.00 bits per heavy atom. The molecule has 0 saturated heterocycles. The summed E-state index contributed by atoms with van der Waals surface area (Å²) in [6.45, 7) is 11.7. The van der Waals surface area contributed by atoms with Crippen LogP contribution in [0.4, 0.5) is 0 Å². The summed E-state index contributed by atoms with van der Waals surface area (Å²) in [5.41, 5.74) is 2.68. The summed E-state index contributed by atoms with van der Waals surface area (Å²) in [7, 11) is 0. The van der Waals surface area contributed by atoms with E-state index in [-0.39, 0.29) is 11.1 Å². The normalized spacial score (nSPS) is 17.7. The average molecular weight is 233 g/mol. The van der Waals surface area contributed by atoms with Crippen LogP contribution in [-0.2, 0) is 13.0 Å². The van der Waals surface area contributed by atoms with Gasteiger partial charge in [0, 0.05) is 24.1 Å². The van der Waals surface area contributed by atoms with Gasteiger partial charge in [-0.15, -0.1) is 0 Å². The largest absolute Gasteiger partial charge is 0.487 e. The highest BCUT2D eigenvalue weighted by molar-refractivity contribution is 5.45. The Balaban J connectivity index is 2.19. The van der Waals surface area contributed by atoms with Gasteiger partial charge in [0.25, 0.3) is 0 Å². The third kappa shape index (κ3) is 3.01. The van der Waals surface area contributed by atoms with E-state index in [1.807, 2.05) is 0 Å². The van der Waals surface area contributed by atoms with Crippen molar-refractivity contribution in [2.24, 2.45) is 0 Å². The van der Waals surface area contributed by atoms with Gasteiger partial charge in [-0.25, -0.2) is 0 Å². The number of hydrogen-bond acceptors (Lipinski definition) is 2. The zero-order valence-electron chi connectivity index (χ0n) is 11.6. The molecule has 2 nitrogen and oxygen atoms in total. The second-order valence-corrected chi connectivity index (χ2v) is 6.55. The molecule has 1 heterocycles. The van der Waals surface area contributed by atoms with Crippen LogP contribution in [-0.4, -0.2) is 11.1 Å². The second kappa shape index (κ2) is 4.02. The van der Waals surface area contributed by atoms with Gasteiger partial charge in [-0.1, -0.05) is 18.2 Å². The molecule has 1 aliphatic heterocycles. The summed E-state index contributed by atoms with van der Waals surface area (Å²) < 4.78 is 6.05. The van der Waals surface area contributed by atoms with Crippen molar-refractivity contribution in [3.8, 4) is 5.75 Å². The summed E-state index contributed by atoms with van der Waals surface area (Å²) in [5, 5.41) is 3.52. The molecule has 1 N–H and O–H groups in total. The predicted molar refractivity (Wildman–Crippen MR) is 71.4 cm³/mol. The average Bonchev–Trinajstić information content (AvgIpc) is 2.47. The molecule has 0 bridgehead atoms. The summed E-state index contributed by atoms with van der Waals surface area (Å²) in [6, 6.07) is 6.45. The van der Waals surface area contributed by atoms with Crippen molar-refractivity contribution < 1.29 is 4.74 Å². The van der Waals surface area contributed by atoms with E-state index in [4.69, 9.17) is 4.74 Å². The smallest absolute Gasteiger partial charge is 0.127 e. The molecule has 0 unspecified atom stereocenters. The minimum Gasteiger partial charge on any atom is -0.487 e. The minimum atomic E-state index is -0.0554. The molecule has 0 amide bonds. The molecule has 1 aliphatic rings. The van der Waals surface area contributed by atoms with Crippen molar-refractivity contribution in [3.05, 3.63) is 29.3 Å². The van der Waals surface area contributed by atoms with Crippen LogP contribution in [0.25, 0.3) is 0 Å². The molecule has 17 heavy (non-hydrogen) atoms. The van der Waals surface area contributed by atoms with Gasteiger partial charge in [0.05, 0.1) is 0 Å². The molecule has 0 atom stereocenters. The number of benzene rings is 1. The summed E-state index contributed by atoms with van der Waals surface area (Å²) >= 11 is 0. The quantitative estimate of drug-likeness (QED) is 0.846. The van der Waals surface area contributed by atoms with Crippen LogP contribution in [0.2, 0.25) is 0 Å². The number of ether oxygens (including phenoxy) is 1. The molecule has 0 aliphatic carbocycles. The number of rotatable bonds is 2. The number of fused-ring (bicyclic) bond motifs is 1. The van der Waals surface area contributed by atoms with Crippen molar-refractivity contribution in [2.75, 3.05) is 0 Å². The van der Waals surface area contributed by atoms with E-state index in [1.165, 1.54) is 11.1 Å². The van der Waals surface area contributed by atoms with Crippen molar-refractivity contribution in [1.82, 2.24) is 5.32 Å². The minimum absolute atomic E-state index is 0.0554. The molecule has 94 valence electrons. The van der Waals surface area contributed by atoms with Crippen molar-refractivity contribution >= 4 is 0 Å². The zero-order chi connectivity index (χ0) is 12.7. The first kappa shape index (κ1) is 12.4. The fourth-order valence-electron chi connectivity index (χ4n) is 2.18. The summed E-state index contributed by atoms with van der Waals surface area (Å²) in [6.07, 6.45) is 1.01. The van der Waals surface area contributed by atoms with Crippen LogP contribution in [0.3, 0.4) is 0 Å². The van der Waals surface area contributed by atoms with Crippen LogP contribution in [0.15, 0.2) is 18.2 Å². The summed E-state index contributed by atoms with van der Waals surface area (Å²) in [5.74, 6) is 1.09. The Hall–Kier alpha value is -1.02. The lowest BCUT2D eigenvalue weighted by Gasteiger charge is -2.22. The van der Waals surface area contributed by atoms with Crippen molar-refractivity contribution in [1.29, 1.82) is 0 Å². The molecular formula is C15H23NO. The molecule has 0 aromatic heterocycles. The predicted octanol–water partition coefficient (Wildman–Crippen LogP) is 3.29. The maximum absolute atomic E-state index is 6.05. The van der Waals surface area contributed by atoms with E-state index in [0.29, 0.717) is 0 Å². The van der Waals surface area contributed by atoms with Crippen molar-refractivity contribution in [2.45, 2.75) is 58.7 Å². The molecule has 0 radical (unpaired) electrons. The maximum atomic E-state index is 6.05. The number of nitrogens with one attached hydrogen (secondary N) is 1. The maximum Gasteiger partial charge on any atom is 0.127 e. The molecule has 0 spiro atoms. The van der Waals surface area contributed by atoms with E-state index in [2.05, 4.69) is 58.1 Å². The van der Waals surface area contributed by atoms with E-state index >= 15 is 0 Å².